The second-order valence-corrected chi connectivity index (χ2v) is 3.20. The first kappa shape index (κ1) is 9.23. The van der Waals surface area contributed by atoms with E-state index in [9.17, 15) is 0 Å². The zero-order valence-corrected chi connectivity index (χ0v) is 7.67. The smallest absolute Gasteiger partial charge is 0.0222 e. The molecule has 0 spiro atoms. The van der Waals surface area contributed by atoms with Crippen LogP contribution in [0.2, 0.25) is 0 Å². The summed E-state index contributed by atoms with van der Waals surface area (Å²) in [6.07, 6.45) is 0.989. The largest absolute Gasteiger partial charge is 0.271 e. The predicted molar refractivity (Wildman–Crippen MR) is 51.7 cm³/mol. The molecule has 1 unspecified atom stereocenters. The Labute approximate surface area is 73.8 Å². The van der Waals surface area contributed by atoms with Crippen LogP contribution in [0, 0.1) is 6.92 Å². The summed E-state index contributed by atoms with van der Waals surface area (Å²) >= 11 is 0. The van der Waals surface area contributed by atoms with Crippen molar-refractivity contribution in [1.82, 2.24) is 5.43 Å². The molecule has 3 N–H and O–H groups in total. The van der Waals surface area contributed by atoms with Crippen LogP contribution in [-0.2, 0) is 6.42 Å². The molecule has 12 heavy (non-hydrogen) atoms. The Morgan fingerprint density at radius 3 is 2.67 bits per heavy atom. The van der Waals surface area contributed by atoms with Gasteiger partial charge in [0.15, 0.2) is 0 Å². The van der Waals surface area contributed by atoms with Gasteiger partial charge in [-0.1, -0.05) is 24.3 Å². The third-order valence-electron chi connectivity index (χ3n) is 2.07. The molecule has 0 aliphatic rings. The van der Waals surface area contributed by atoms with E-state index in [0.717, 1.165) is 6.42 Å². The van der Waals surface area contributed by atoms with Gasteiger partial charge in [0.1, 0.15) is 0 Å². The van der Waals surface area contributed by atoms with Gasteiger partial charge >= 0.3 is 0 Å². The monoisotopic (exact) mass is 164 g/mol. The number of nitrogens with two attached hydrogens (primary N) is 1. The molecule has 0 fully saturated rings. The van der Waals surface area contributed by atoms with Crippen molar-refractivity contribution in [3.8, 4) is 0 Å². The molecular formula is C10H16N2. The van der Waals surface area contributed by atoms with Gasteiger partial charge in [-0.2, -0.15) is 0 Å². The highest BCUT2D eigenvalue weighted by Crippen LogP contribution is 2.08. The van der Waals surface area contributed by atoms with Crippen LogP contribution in [0.5, 0.6) is 0 Å². The predicted octanol–water partition coefficient (Wildman–Crippen LogP) is 1.39. The van der Waals surface area contributed by atoms with Gasteiger partial charge in [-0.3, -0.25) is 11.3 Å². The van der Waals surface area contributed by atoms with Crippen molar-refractivity contribution in [3.05, 3.63) is 35.4 Å². The van der Waals surface area contributed by atoms with Crippen molar-refractivity contribution in [2.75, 3.05) is 0 Å². The number of hydrogen-bond acceptors (Lipinski definition) is 2. The highest BCUT2D eigenvalue weighted by Gasteiger charge is 2.01. The summed E-state index contributed by atoms with van der Waals surface area (Å²) in [6.45, 7) is 4.20. The molecule has 2 nitrogen and oxygen atoms in total. The average molecular weight is 164 g/mol. The third kappa shape index (κ3) is 2.32. The molecule has 0 saturated heterocycles. The van der Waals surface area contributed by atoms with Gasteiger partial charge in [0.25, 0.3) is 0 Å². The van der Waals surface area contributed by atoms with Crippen LogP contribution in [0.1, 0.15) is 18.1 Å². The van der Waals surface area contributed by atoms with E-state index >= 15 is 0 Å². The average Bonchev–Trinajstić information content (AvgIpc) is 2.09. The van der Waals surface area contributed by atoms with Crippen LogP contribution in [0.3, 0.4) is 0 Å². The van der Waals surface area contributed by atoms with Crippen LogP contribution in [-0.4, -0.2) is 6.04 Å². The first-order chi connectivity index (χ1) is 5.74. The third-order valence-corrected chi connectivity index (χ3v) is 2.07. The zero-order chi connectivity index (χ0) is 8.97. The quantitative estimate of drug-likeness (QED) is 0.523. The minimum absolute atomic E-state index is 0.339. The van der Waals surface area contributed by atoms with E-state index in [1.807, 2.05) is 0 Å². The van der Waals surface area contributed by atoms with Crippen LogP contribution < -0.4 is 11.3 Å². The maximum atomic E-state index is 5.32. The first-order valence-electron chi connectivity index (χ1n) is 4.24. The second kappa shape index (κ2) is 4.24. The Morgan fingerprint density at radius 1 is 1.42 bits per heavy atom. The Hall–Kier alpha value is -0.860. The summed E-state index contributed by atoms with van der Waals surface area (Å²) in [4.78, 5) is 0. The Balaban J connectivity index is 2.69. The van der Waals surface area contributed by atoms with E-state index in [-0.39, 0.29) is 0 Å². The molecule has 0 aliphatic heterocycles. The fourth-order valence-electron chi connectivity index (χ4n) is 1.23. The lowest BCUT2D eigenvalue weighted by atomic mass is 10.0. The molecule has 0 radical (unpaired) electrons. The van der Waals surface area contributed by atoms with Crippen LogP contribution in [0.4, 0.5) is 0 Å². The number of rotatable bonds is 3. The van der Waals surface area contributed by atoms with Gasteiger partial charge in [-0.15, -0.1) is 0 Å². The summed E-state index contributed by atoms with van der Waals surface area (Å²) in [7, 11) is 0. The van der Waals surface area contributed by atoms with Gasteiger partial charge in [-0.25, -0.2) is 0 Å². The molecule has 1 atom stereocenters. The van der Waals surface area contributed by atoms with E-state index in [1.54, 1.807) is 0 Å². The van der Waals surface area contributed by atoms with Crippen molar-refractivity contribution < 1.29 is 0 Å². The SMILES string of the molecule is Cc1ccccc1CC(C)NN. The minimum Gasteiger partial charge on any atom is -0.271 e. The van der Waals surface area contributed by atoms with E-state index in [4.69, 9.17) is 5.84 Å². The topological polar surface area (TPSA) is 38.0 Å². The molecule has 0 aliphatic carbocycles. The van der Waals surface area contributed by atoms with Crippen LogP contribution in [0.25, 0.3) is 0 Å². The van der Waals surface area contributed by atoms with Crippen LogP contribution in [0.15, 0.2) is 24.3 Å². The fraction of sp³-hybridized carbons (Fsp3) is 0.400. The van der Waals surface area contributed by atoms with Gasteiger partial charge in [0.05, 0.1) is 0 Å². The Kier molecular flexibility index (Phi) is 3.26. The molecule has 1 aromatic rings. The van der Waals surface area contributed by atoms with Crippen molar-refractivity contribution in [1.29, 1.82) is 0 Å². The van der Waals surface area contributed by atoms with Crippen molar-refractivity contribution in [2.45, 2.75) is 26.3 Å². The van der Waals surface area contributed by atoms with Gasteiger partial charge in [-0.05, 0) is 31.4 Å². The van der Waals surface area contributed by atoms with E-state index in [2.05, 4.69) is 43.5 Å². The summed E-state index contributed by atoms with van der Waals surface area (Å²) in [5, 5.41) is 0. The van der Waals surface area contributed by atoms with Gasteiger partial charge in [0.2, 0.25) is 0 Å². The number of hydrogen-bond donors (Lipinski definition) is 2. The number of benzene rings is 1. The Morgan fingerprint density at radius 2 is 2.08 bits per heavy atom. The fourth-order valence-corrected chi connectivity index (χ4v) is 1.23. The lowest BCUT2D eigenvalue weighted by Gasteiger charge is -2.11. The second-order valence-electron chi connectivity index (χ2n) is 3.20. The molecule has 0 bridgehead atoms. The maximum absolute atomic E-state index is 5.32. The highest BCUT2D eigenvalue weighted by molar-refractivity contribution is 5.26. The first-order valence-corrected chi connectivity index (χ1v) is 4.24. The standard InChI is InChI=1S/C10H16N2/c1-8-5-3-4-6-10(8)7-9(2)12-11/h3-6,9,12H,7,11H2,1-2H3. The lowest BCUT2D eigenvalue weighted by molar-refractivity contribution is 0.567. The van der Waals surface area contributed by atoms with E-state index in [1.165, 1.54) is 11.1 Å². The summed E-state index contributed by atoms with van der Waals surface area (Å²) in [5.74, 6) is 5.32. The van der Waals surface area contributed by atoms with E-state index in [0.29, 0.717) is 6.04 Å². The van der Waals surface area contributed by atoms with Crippen LogP contribution >= 0.6 is 0 Å². The number of nitrogens with one attached hydrogen (secondary N) is 1. The maximum Gasteiger partial charge on any atom is 0.0222 e. The highest BCUT2D eigenvalue weighted by atomic mass is 15.2. The molecular weight excluding hydrogens is 148 g/mol. The summed E-state index contributed by atoms with van der Waals surface area (Å²) in [5.41, 5.74) is 5.44. The minimum atomic E-state index is 0.339. The molecule has 66 valence electrons. The zero-order valence-electron chi connectivity index (χ0n) is 7.67. The van der Waals surface area contributed by atoms with Gasteiger partial charge in [0, 0.05) is 6.04 Å². The number of aryl methyl sites for hydroxylation is 1. The molecule has 1 aromatic carbocycles. The number of hydrazine groups is 1. The van der Waals surface area contributed by atoms with Crippen molar-refractivity contribution in [2.24, 2.45) is 5.84 Å². The molecule has 0 aromatic heterocycles. The summed E-state index contributed by atoms with van der Waals surface area (Å²) < 4.78 is 0. The molecule has 1 rings (SSSR count). The van der Waals surface area contributed by atoms with Gasteiger partial charge < -0.3 is 0 Å². The van der Waals surface area contributed by atoms with Crippen molar-refractivity contribution >= 4 is 0 Å². The molecule has 2 heteroatoms. The normalized spacial score (nSPS) is 12.9. The van der Waals surface area contributed by atoms with E-state index < -0.39 is 0 Å². The Bertz CT molecular complexity index is 245. The molecule has 0 amide bonds. The molecule has 0 heterocycles. The molecule has 0 saturated carbocycles. The lowest BCUT2D eigenvalue weighted by Crippen LogP contribution is -2.34. The van der Waals surface area contributed by atoms with Crippen molar-refractivity contribution in [3.63, 3.8) is 0 Å². The summed E-state index contributed by atoms with van der Waals surface area (Å²) in [6, 6.07) is 8.72.